The highest BCUT2D eigenvalue weighted by molar-refractivity contribution is 7.11. The van der Waals surface area contributed by atoms with Crippen LogP contribution in [-0.4, -0.2) is 30.0 Å². The van der Waals surface area contributed by atoms with E-state index in [0.29, 0.717) is 12.0 Å². The Kier molecular flexibility index (Phi) is 4.63. The summed E-state index contributed by atoms with van der Waals surface area (Å²) < 4.78 is 5.77. The Morgan fingerprint density at radius 1 is 1.33 bits per heavy atom. The van der Waals surface area contributed by atoms with Crippen LogP contribution in [0.4, 0.5) is 0 Å². The molecule has 5 heteroatoms. The fourth-order valence-electron chi connectivity index (χ4n) is 2.92. The maximum atomic E-state index is 5.77. The molecule has 0 saturated carbocycles. The number of benzene rings is 1. The molecule has 1 fully saturated rings. The molecule has 112 valence electrons. The molecule has 1 saturated heterocycles. The summed E-state index contributed by atoms with van der Waals surface area (Å²) in [5.74, 6) is 0.412. The molecular weight excluding hydrogens is 282 g/mol. The standard InChI is InChI=1S/C16H21N3OS/c1-3-13-12(9-10-20-13)15-18-19-16(21-15)14(17-2)11-7-5-4-6-8-11/h4-8,12-14,17H,3,9-10H2,1-2H3. The maximum absolute atomic E-state index is 5.77. The largest absolute Gasteiger partial charge is 0.377 e. The summed E-state index contributed by atoms with van der Waals surface area (Å²) in [6.45, 7) is 3.01. The lowest BCUT2D eigenvalue weighted by molar-refractivity contribution is 0.100. The van der Waals surface area contributed by atoms with Gasteiger partial charge in [-0.1, -0.05) is 48.6 Å². The molecule has 0 aliphatic carbocycles. The van der Waals surface area contributed by atoms with Gasteiger partial charge in [0.2, 0.25) is 0 Å². The number of aromatic nitrogens is 2. The first-order chi connectivity index (χ1) is 10.3. The molecule has 0 bridgehead atoms. The van der Waals surface area contributed by atoms with E-state index in [4.69, 9.17) is 4.74 Å². The average Bonchev–Trinajstić information content (AvgIpc) is 3.17. The van der Waals surface area contributed by atoms with Crippen molar-refractivity contribution in [3.05, 3.63) is 45.9 Å². The van der Waals surface area contributed by atoms with Gasteiger partial charge in [-0.3, -0.25) is 0 Å². The zero-order valence-electron chi connectivity index (χ0n) is 12.5. The summed E-state index contributed by atoms with van der Waals surface area (Å²) in [4.78, 5) is 0. The summed E-state index contributed by atoms with van der Waals surface area (Å²) >= 11 is 1.71. The molecule has 1 aliphatic heterocycles. The van der Waals surface area contributed by atoms with E-state index in [1.807, 2.05) is 13.1 Å². The van der Waals surface area contributed by atoms with Crippen molar-refractivity contribution in [1.29, 1.82) is 0 Å². The van der Waals surface area contributed by atoms with Gasteiger partial charge in [0.1, 0.15) is 10.0 Å². The first-order valence-corrected chi connectivity index (χ1v) is 8.32. The molecule has 0 amide bonds. The topological polar surface area (TPSA) is 47.0 Å². The van der Waals surface area contributed by atoms with Crippen molar-refractivity contribution in [1.82, 2.24) is 15.5 Å². The van der Waals surface area contributed by atoms with Crippen molar-refractivity contribution in [3.63, 3.8) is 0 Å². The molecule has 21 heavy (non-hydrogen) atoms. The number of nitrogens with one attached hydrogen (secondary N) is 1. The normalized spacial score (nSPS) is 23.3. The van der Waals surface area contributed by atoms with Gasteiger partial charge < -0.3 is 10.1 Å². The van der Waals surface area contributed by atoms with Crippen LogP contribution in [0.3, 0.4) is 0 Å². The Labute approximate surface area is 129 Å². The average molecular weight is 303 g/mol. The Hall–Kier alpha value is -1.30. The molecule has 4 nitrogen and oxygen atoms in total. The lowest BCUT2D eigenvalue weighted by atomic mass is 10.0. The highest BCUT2D eigenvalue weighted by atomic mass is 32.1. The molecule has 1 aromatic carbocycles. The molecule has 3 unspecified atom stereocenters. The summed E-state index contributed by atoms with van der Waals surface area (Å²) in [6.07, 6.45) is 2.40. The van der Waals surface area contributed by atoms with E-state index < -0.39 is 0 Å². The SMILES string of the molecule is CCC1OCCC1c1nnc(C(NC)c2ccccc2)s1. The summed E-state index contributed by atoms with van der Waals surface area (Å²) in [7, 11) is 1.96. The van der Waals surface area contributed by atoms with Crippen LogP contribution in [-0.2, 0) is 4.74 Å². The van der Waals surface area contributed by atoms with Crippen LogP contribution in [0, 0.1) is 0 Å². The van der Waals surface area contributed by atoms with Gasteiger partial charge in [0.25, 0.3) is 0 Å². The van der Waals surface area contributed by atoms with Gasteiger partial charge in [0, 0.05) is 12.5 Å². The quantitative estimate of drug-likeness (QED) is 0.922. The van der Waals surface area contributed by atoms with Crippen molar-refractivity contribution in [2.24, 2.45) is 0 Å². The second kappa shape index (κ2) is 6.64. The maximum Gasteiger partial charge on any atom is 0.139 e. The summed E-state index contributed by atoms with van der Waals surface area (Å²) in [5.41, 5.74) is 1.22. The van der Waals surface area contributed by atoms with Crippen molar-refractivity contribution in [3.8, 4) is 0 Å². The molecule has 2 aromatic rings. The minimum atomic E-state index is 0.111. The smallest absolute Gasteiger partial charge is 0.139 e. The van der Waals surface area contributed by atoms with Crippen LogP contribution < -0.4 is 5.32 Å². The summed E-state index contributed by atoms with van der Waals surface area (Å²) in [5, 5.41) is 14.4. The predicted octanol–water partition coefficient (Wildman–Crippen LogP) is 3.13. The first-order valence-electron chi connectivity index (χ1n) is 7.50. The molecule has 3 rings (SSSR count). The van der Waals surface area contributed by atoms with Crippen molar-refractivity contribution >= 4 is 11.3 Å². The zero-order chi connectivity index (χ0) is 14.7. The zero-order valence-corrected chi connectivity index (χ0v) is 13.3. The molecule has 1 aromatic heterocycles. The highest BCUT2D eigenvalue weighted by Crippen LogP contribution is 2.36. The van der Waals surface area contributed by atoms with Crippen molar-refractivity contribution in [2.45, 2.75) is 37.8 Å². The molecule has 3 atom stereocenters. The molecule has 0 radical (unpaired) electrons. The monoisotopic (exact) mass is 303 g/mol. The Bertz CT molecular complexity index is 572. The number of hydrogen-bond acceptors (Lipinski definition) is 5. The Morgan fingerprint density at radius 3 is 2.86 bits per heavy atom. The van der Waals surface area contributed by atoms with Crippen molar-refractivity contribution in [2.75, 3.05) is 13.7 Å². The van der Waals surface area contributed by atoms with Gasteiger partial charge in [-0.2, -0.15) is 0 Å². The second-order valence-corrected chi connectivity index (χ2v) is 6.36. The molecule has 2 heterocycles. The second-order valence-electron chi connectivity index (χ2n) is 5.32. The third-order valence-electron chi connectivity index (χ3n) is 4.05. The third kappa shape index (κ3) is 3.00. The van der Waals surface area contributed by atoms with Crippen LogP contribution in [0.15, 0.2) is 30.3 Å². The van der Waals surface area contributed by atoms with E-state index in [0.717, 1.165) is 29.5 Å². The number of rotatable bonds is 5. The van der Waals surface area contributed by atoms with E-state index >= 15 is 0 Å². The van der Waals surface area contributed by atoms with E-state index in [1.54, 1.807) is 11.3 Å². The van der Waals surface area contributed by atoms with Gasteiger partial charge in [-0.05, 0) is 25.5 Å². The Morgan fingerprint density at radius 2 is 2.14 bits per heavy atom. The van der Waals surface area contributed by atoms with Gasteiger partial charge in [0.05, 0.1) is 12.1 Å². The fraction of sp³-hybridized carbons (Fsp3) is 0.500. The van der Waals surface area contributed by atoms with Gasteiger partial charge in [-0.25, -0.2) is 0 Å². The molecule has 1 aliphatic rings. The lowest BCUT2D eigenvalue weighted by Crippen LogP contribution is -2.17. The molecule has 1 N–H and O–H groups in total. The highest BCUT2D eigenvalue weighted by Gasteiger charge is 2.31. The van der Waals surface area contributed by atoms with Crippen molar-refractivity contribution < 1.29 is 4.74 Å². The fourth-order valence-corrected chi connectivity index (χ4v) is 4.09. The van der Waals surface area contributed by atoms with Crippen LogP contribution in [0.2, 0.25) is 0 Å². The first kappa shape index (κ1) is 14.6. The Balaban J connectivity index is 1.83. The summed E-state index contributed by atoms with van der Waals surface area (Å²) in [6, 6.07) is 10.5. The van der Waals surface area contributed by atoms with E-state index in [2.05, 4.69) is 46.7 Å². The lowest BCUT2D eigenvalue weighted by Gasteiger charge is -2.14. The van der Waals surface area contributed by atoms with E-state index in [-0.39, 0.29) is 6.04 Å². The molecule has 0 spiro atoms. The minimum absolute atomic E-state index is 0.111. The number of nitrogens with zero attached hydrogens (tertiary/aromatic N) is 2. The minimum Gasteiger partial charge on any atom is -0.377 e. The predicted molar refractivity (Wildman–Crippen MR) is 84.6 cm³/mol. The van der Waals surface area contributed by atoms with Crippen LogP contribution in [0.25, 0.3) is 0 Å². The van der Waals surface area contributed by atoms with Gasteiger partial charge in [-0.15, -0.1) is 10.2 Å². The number of hydrogen-bond donors (Lipinski definition) is 1. The van der Waals surface area contributed by atoms with Crippen LogP contribution >= 0.6 is 11.3 Å². The number of ether oxygens (including phenoxy) is 1. The van der Waals surface area contributed by atoms with E-state index in [1.165, 1.54) is 5.56 Å². The van der Waals surface area contributed by atoms with Crippen LogP contribution in [0.5, 0.6) is 0 Å². The molecular formula is C16H21N3OS. The van der Waals surface area contributed by atoms with Crippen LogP contribution in [0.1, 0.15) is 47.3 Å². The third-order valence-corrected chi connectivity index (χ3v) is 5.17. The van der Waals surface area contributed by atoms with E-state index in [9.17, 15) is 0 Å². The van der Waals surface area contributed by atoms with Gasteiger partial charge >= 0.3 is 0 Å². The van der Waals surface area contributed by atoms with Gasteiger partial charge in [0.15, 0.2) is 0 Å².